The molecule has 4 aromatic heterocycles. The maximum atomic E-state index is 12.0. The van der Waals surface area contributed by atoms with Gasteiger partial charge in [0.25, 0.3) is 11.1 Å². The fraction of sp³-hybridized carbons (Fsp3) is 0.462. The van der Waals surface area contributed by atoms with Crippen molar-refractivity contribution in [2.75, 3.05) is 39.9 Å². The monoisotopic (exact) mass is 590 g/mol. The van der Waals surface area contributed by atoms with Gasteiger partial charge in [0.15, 0.2) is 5.16 Å². The van der Waals surface area contributed by atoms with Crippen molar-refractivity contribution in [2.45, 2.75) is 50.1 Å². The van der Waals surface area contributed by atoms with Crippen LogP contribution in [0.25, 0.3) is 22.1 Å². The molecule has 4 aromatic rings. The van der Waals surface area contributed by atoms with Gasteiger partial charge < -0.3 is 9.47 Å². The molecule has 0 aliphatic rings. The quantitative estimate of drug-likeness (QED) is 0.152. The Balaban J connectivity index is 0.000000222. The third kappa shape index (κ3) is 7.50. The number of fused-ring (bicyclic) bond motifs is 2. The van der Waals surface area contributed by atoms with E-state index in [4.69, 9.17) is 9.47 Å². The molecule has 0 aliphatic heterocycles. The second kappa shape index (κ2) is 13.9. The zero-order chi connectivity index (χ0) is 29.4. The van der Waals surface area contributed by atoms with Crippen LogP contribution in [-0.4, -0.2) is 77.4 Å². The van der Waals surface area contributed by atoms with Crippen LogP contribution in [0.4, 0.5) is 0 Å². The molecule has 14 heteroatoms. The number of sulfone groups is 1. The molecule has 0 spiro atoms. The van der Waals surface area contributed by atoms with Crippen LogP contribution in [0, 0.1) is 13.8 Å². The van der Waals surface area contributed by atoms with Crippen LogP contribution in [0.2, 0.25) is 0 Å². The van der Waals surface area contributed by atoms with E-state index in [0.29, 0.717) is 60.3 Å². The number of pyridine rings is 2. The maximum Gasteiger partial charge on any atom is 0.252 e. The number of ether oxygens (including phenoxy) is 2. The van der Waals surface area contributed by atoms with Crippen molar-refractivity contribution >= 4 is 43.7 Å². The molecule has 0 unspecified atom stereocenters. The van der Waals surface area contributed by atoms with Crippen molar-refractivity contribution in [1.82, 2.24) is 29.1 Å². The van der Waals surface area contributed by atoms with Gasteiger partial charge in [-0.2, -0.15) is 4.98 Å². The largest absolute Gasteiger partial charge is 0.385 e. The molecule has 0 radical (unpaired) electrons. The van der Waals surface area contributed by atoms with Crippen LogP contribution in [-0.2, 0) is 32.4 Å². The van der Waals surface area contributed by atoms with Gasteiger partial charge in [-0.25, -0.2) is 23.4 Å². The van der Waals surface area contributed by atoms with E-state index in [1.807, 2.05) is 13.2 Å². The Kier molecular flexibility index (Phi) is 10.9. The molecule has 4 heterocycles. The van der Waals surface area contributed by atoms with Gasteiger partial charge in [0.05, 0.1) is 11.4 Å². The minimum absolute atomic E-state index is 0.0336. The maximum absolute atomic E-state index is 12.0. The molecule has 0 saturated heterocycles. The summed E-state index contributed by atoms with van der Waals surface area (Å²) in [4.78, 5) is 40.9. The zero-order valence-corrected chi connectivity index (χ0v) is 25.1. The van der Waals surface area contributed by atoms with Crippen molar-refractivity contribution in [2.24, 2.45) is 0 Å². The molecular weight excluding hydrogens is 556 g/mol. The number of rotatable bonds is 10. The summed E-state index contributed by atoms with van der Waals surface area (Å²) in [5, 5.41) is 2.02. The summed E-state index contributed by atoms with van der Waals surface area (Å²) in [5.41, 5.74) is 2.22. The van der Waals surface area contributed by atoms with E-state index >= 15 is 0 Å². The molecule has 40 heavy (non-hydrogen) atoms. The van der Waals surface area contributed by atoms with Gasteiger partial charge in [0, 0.05) is 69.7 Å². The van der Waals surface area contributed by atoms with Crippen LogP contribution >= 0.6 is 11.8 Å². The van der Waals surface area contributed by atoms with E-state index in [9.17, 15) is 18.0 Å². The van der Waals surface area contributed by atoms with Crippen LogP contribution in [0.1, 0.15) is 24.2 Å². The molecule has 0 fully saturated rings. The lowest BCUT2D eigenvalue weighted by Crippen LogP contribution is -2.22. The van der Waals surface area contributed by atoms with E-state index in [1.165, 1.54) is 22.4 Å². The van der Waals surface area contributed by atoms with Gasteiger partial charge in [-0.05, 0) is 45.1 Å². The Labute approximate surface area is 236 Å². The molecule has 0 aromatic carbocycles. The zero-order valence-electron chi connectivity index (χ0n) is 23.5. The van der Waals surface area contributed by atoms with E-state index < -0.39 is 9.84 Å². The van der Waals surface area contributed by atoms with Crippen LogP contribution in [0.3, 0.4) is 0 Å². The lowest BCUT2D eigenvalue weighted by atomic mass is 10.2. The van der Waals surface area contributed by atoms with Crippen LogP contribution < -0.4 is 11.1 Å². The van der Waals surface area contributed by atoms with E-state index in [1.54, 1.807) is 43.9 Å². The number of methoxy groups -OCH3 is 2. The van der Waals surface area contributed by atoms with Gasteiger partial charge in [-0.3, -0.25) is 18.7 Å². The highest BCUT2D eigenvalue weighted by Crippen LogP contribution is 2.18. The fourth-order valence-corrected chi connectivity index (χ4v) is 4.97. The summed E-state index contributed by atoms with van der Waals surface area (Å²) >= 11 is 1.48. The Bertz CT molecular complexity index is 1720. The van der Waals surface area contributed by atoms with Crippen LogP contribution in [0.15, 0.2) is 44.2 Å². The third-order valence-electron chi connectivity index (χ3n) is 5.99. The number of thioether (sulfide) groups is 1. The van der Waals surface area contributed by atoms with Crippen LogP contribution in [0.5, 0.6) is 0 Å². The summed E-state index contributed by atoms with van der Waals surface area (Å²) in [5.74, 6) is 0. The lowest BCUT2D eigenvalue weighted by molar-refractivity contribution is 0.190. The van der Waals surface area contributed by atoms with Crippen molar-refractivity contribution < 1.29 is 17.9 Å². The highest BCUT2D eigenvalue weighted by atomic mass is 32.2. The van der Waals surface area contributed by atoms with Crippen molar-refractivity contribution in [3.63, 3.8) is 0 Å². The topological polar surface area (TPSA) is 148 Å². The van der Waals surface area contributed by atoms with E-state index in [-0.39, 0.29) is 16.3 Å². The van der Waals surface area contributed by atoms with Crippen molar-refractivity contribution in [1.29, 1.82) is 0 Å². The Hall–Kier alpha value is -3.20. The standard InChI is InChI=1S/C13H17N3O4S.C13H17N3O2S/c1-9-10-5-6-11(17)16(7-4-8-20-2)12(10)15-13(14-9)21(3,18)19;1-9-10-5-6-11(17)16(7-4-8-18-2)12(10)15-13(14-9)19-3/h5-6H,4,7-8H2,1-3H3;5-6H,4,7-8H2,1-3H3. The Morgan fingerprint density at radius 3 is 1.70 bits per heavy atom. The third-order valence-corrected chi connectivity index (χ3v) is 7.39. The predicted octanol–water partition coefficient (Wildman–Crippen LogP) is 2.40. The van der Waals surface area contributed by atoms with Gasteiger partial charge in [-0.15, -0.1) is 0 Å². The molecule has 0 amide bonds. The van der Waals surface area contributed by atoms with Gasteiger partial charge in [-0.1, -0.05) is 11.8 Å². The fourth-order valence-electron chi connectivity index (χ4n) is 4.01. The minimum atomic E-state index is -3.53. The smallest absolute Gasteiger partial charge is 0.252 e. The summed E-state index contributed by atoms with van der Waals surface area (Å²) < 4.78 is 36.5. The van der Waals surface area contributed by atoms with Gasteiger partial charge in [0.2, 0.25) is 15.0 Å². The Morgan fingerprint density at radius 2 is 1.25 bits per heavy atom. The minimum Gasteiger partial charge on any atom is -0.385 e. The number of aromatic nitrogens is 6. The molecule has 12 nitrogen and oxygen atoms in total. The summed E-state index contributed by atoms with van der Waals surface area (Å²) in [6.45, 7) is 5.78. The normalized spacial score (nSPS) is 11.6. The first kappa shape index (κ1) is 31.3. The second-order valence-corrected chi connectivity index (χ2v) is 11.7. The first-order valence-electron chi connectivity index (χ1n) is 12.5. The Morgan fingerprint density at radius 1 is 0.775 bits per heavy atom. The van der Waals surface area contributed by atoms with Gasteiger partial charge in [0.1, 0.15) is 11.3 Å². The van der Waals surface area contributed by atoms with Gasteiger partial charge >= 0.3 is 0 Å². The number of hydrogen-bond donors (Lipinski definition) is 0. The molecule has 0 N–H and O–H groups in total. The first-order chi connectivity index (χ1) is 19.0. The van der Waals surface area contributed by atoms with E-state index in [0.717, 1.165) is 23.8 Å². The highest BCUT2D eigenvalue weighted by molar-refractivity contribution is 7.98. The molecular formula is C26H34N6O6S2. The average Bonchev–Trinajstić information content (AvgIpc) is 2.91. The van der Waals surface area contributed by atoms with E-state index in [2.05, 4.69) is 19.9 Å². The predicted molar refractivity (Wildman–Crippen MR) is 155 cm³/mol. The first-order valence-corrected chi connectivity index (χ1v) is 15.6. The van der Waals surface area contributed by atoms with Crippen molar-refractivity contribution in [3.05, 3.63) is 56.4 Å². The number of nitrogens with zero attached hydrogens (tertiary/aromatic N) is 6. The lowest BCUT2D eigenvalue weighted by Gasteiger charge is -2.11. The second-order valence-electron chi connectivity index (χ2n) is 8.97. The van der Waals surface area contributed by atoms with Crippen molar-refractivity contribution in [3.8, 4) is 0 Å². The molecule has 0 saturated carbocycles. The average molecular weight is 591 g/mol. The highest BCUT2D eigenvalue weighted by Gasteiger charge is 2.16. The number of hydrogen-bond acceptors (Lipinski definition) is 11. The summed E-state index contributed by atoms with van der Waals surface area (Å²) in [7, 11) is -0.294. The molecule has 216 valence electrons. The number of aryl methyl sites for hydroxylation is 4. The SMILES string of the molecule is COCCCn1c(=O)ccc2c(C)nc(S(C)(=O)=O)nc21.COCCCn1c(=O)ccc2c(C)nc(SC)nc21. The summed E-state index contributed by atoms with van der Waals surface area (Å²) in [6, 6.07) is 6.42. The molecule has 4 rings (SSSR count). The molecule has 0 atom stereocenters. The molecule has 0 aliphatic carbocycles. The summed E-state index contributed by atoms with van der Waals surface area (Å²) in [6.07, 6.45) is 4.39. The molecule has 0 bridgehead atoms.